The van der Waals surface area contributed by atoms with E-state index in [9.17, 15) is 4.79 Å². The van der Waals surface area contributed by atoms with Gasteiger partial charge < -0.3 is 10.6 Å². The minimum absolute atomic E-state index is 0.224. The van der Waals surface area contributed by atoms with Crippen LogP contribution in [0.4, 0.5) is 11.4 Å². The number of carbonyl (C=O) groups is 1. The average molecular weight is 360 g/mol. The monoisotopic (exact) mass is 360 g/mol. The van der Waals surface area contributed by atoms with Crippen LogP contribution in [0.1, 0.15) is 47.1 Å². The number of pyridine rings is 2. The summed E-state index contributed by atoms with van der Waals surface area (Å²) in [7, 11) is 0. The van der Waals surface area contributed by atoms with E-state index in [2.05, 4.69) is 59.6 Å². The maximum Gasteiger partial charge on any atom is 0.270 e. The zero-order valence-corrected chi connectivity index (χ0v) is 15.9. The molecule has 0 fully saturated rings. The number of hydrogen-bond acceptors (Lipinski definition) is 4. The highest BCUT2D eigenvalue weighted by Gasteiger charge is 2.12. The first-order valence-electron chi connectivity index (χ1n) is 9.05. The van der Waals surface area contributed by atoms with Crippen molar-refractivity contribution in [1.82, 2.24) is 15.3 Å². The van der Waals surface area contributed by atoms with Gasteiger partial charge in [-0.3, -0.25) is 14.8 Å². The van der Waals surface area contributed by atoms with Crippen LogP contribution in [0.5, 0.6) is 0 Å². The number of aryl methyl sites for hydroxylation is 1. The van der Waals surface area contributed by atoms with Crippen molar-refractivity contribution in [2.45, 2.75) is 33.2 Å². The van der Waals surface area contributed by atoms with Crippen LogP contribution in [0, 0.1) is 6.92 Å². The number of nitrogens with zero attached hydrogens (tertiary/aromatic N) is 2. The number of amides is 1. The minimum Gasteiger partial charge on any atom is -0.355 e. The molecule has 0 aliphatic rings. The number of anilines is 2. The molecule has 3 aromatic rings. The molecule has 0 radical (unpaired) electrons. The summed E-state index contributed by atoms with van der Waals surface area (Å²) in [4.78, 5) is 20.8. The fraction of sp³-hybridized carbons (Fsp3) is 0.227. The van der Waals surface area contributed by atoms with E-state index in [1.165, 1.54) is 11.1 Å². The second-order valence-corrected chi connectivity index (χ2v) is 6.75. The van der Waals surface area contributed by atoms with E-state index in [0.717, 1.165) is 17.1 Å². The van der Waals surface area contributed by atoms with Crippen molar-refractivity contribution in [2.24, 2.45) is 0 Å². The van der Waals surface area contributed by atoms with E-state index >= 15 is 0 Å². The molecule has 1 aromatic carbocycles. The Kier molecular flexibility index (Phi) is 5.81. The molecule has 5 heteroatoms. The molecule has 0 aliphatic heterocycles. The van der Waals surface area contributed by atoms with Gasteiger partial charge in [-0.25, -0.2) is 0 Å². The molecule has 0 atom stereocenters. The molecule has 0 unspecified atom stereocenters. The lowest BCUT2D eigenvalue weighted by molar-refractivity contribution is 0.0945. The summed E-state index contributed by atoms with van der Waals surface area (Å²) in [6.07, 6.45) is 3.35. The summed E-state index contributed by atoms with van der Waals surface area (Å²) in [6.45, 7) is 6.79. The van der Waals surface area contributed by atoms with Gasteiger partial charge in [0.05, 0.1) is 12.2 Å². The summed E-state index contributed by atoms with van der Waals surface area (Å²) in [5.41, 5.74) is 5.51. The van der Waals surface area contributed by atoms with Crippen LogP contribution in [-0.2, 0) is 6.54 Å². The summed E-state index contributed by atoms with van der Waals surface area (Å²) in [5.74, 6) is 0.175. The van der Waals surface area contributed by atoms with Gasteiger partial charge >= 0.3 is 0 Å². The Balaban J connectivity index is 1.75. The first-order chi connectivity index (χ1) is 13.0. The predicted octanol–water partition coefficient (Wildman–Crippen LogP) is 4.58. The van der Waals surface area contributed by atoms with Crippen LogP contribution < -0.4 is 10.6 Å². The number of carbonyl (C=O) groups excluding carboxylic acids is 1. The summed E-state index contributed by atoms with van der Waals surface area (Å²) >= 11 is 0. The number of hydrogen-bond donors (Lipinski definition) is 2. The molecule has 0 saturated carbocycles. The smallest absolute Gasteiger partial charge is 0.270 e. The summed E-state index contributed by atoms with van der Waals surface area (Å²) < 4.78 is 0. The standard InChI is InChI=1S/C22H24N4O/c1-15(2)19-9-6-7-16(3)21(19)26-17-10-12-24-20(13-17)22(27)25-14-18-8-4-5-11-23-18/h4-13,15H,14H2,1-3H3,(H,24,26)(H,25,27). The van der Waals surface area contributed by atoms with Crippen molar-refractivity contribution in [2.75, 3.05) is 5.32 Å². The van der Waals surface area contributed by atoms with Crippen molar-refractivity contribution in [3.8, 4) is 0 Å². The van der Waals surface area contributed by atoms with Crippen LogP contribution in [0.3, 0.4) is 0 Å². The lowest BCUT2D eigenvalue weighted by Gasteiger charge is -2.17. The number of rotatable bonds is 6. The number of nitrogens with one attached hydrogen (secondary N) is 2. The Morgan fingerprint density at radius 1 is 1.04 bits per heavy atom. The molecule has 138 valence electrons. The number of para-hydroxylation sites is 1. The maximum absolute atomic E-state index is 12.4. The summed E-state index contributed by atoms with van der Waals surface area (Å²) in [5, 5.41) is 6.31. The van der Waals surface area contributed by atoms with Gasteiger partial charge in [-0.1, -0.05) is 38.1 Å². The SMILES string of the molecule is Cc1cccc(C(C)C)c1Nc1ccnc(C(=O)NCc2ccccn2)c1. The van der Waals surface area contributed by atoms with Crippen molar-refractivity contribution >= 4 is 17.3 Å². The summed E-state index contributed by atoms with van der Waals surface area (Å²) in [6, 6.07) is 15.5. The van der Waals surface area contributed by atoms with Crippen molar-refractivity contribution < 1.29 is 4.79 Å². The Morgan fingerprint density at radius 2 is 1.89 bits per heavy atom. The van der Waals surface area contributed by atoms with Crippen LogP contribution >= 0.6 is 0 Å². The Labute approximate surface area is 159 Å². The van der Waals surface area contributed by atoms with Crippen LogP contribution in [-0.4, -0.2) is 15.9 Å². The lowest BCUT2D eigenvalue weighted by Crippen LogP contribution is -2.24. The second-order valence-electron chi connectivity index (χ2n) is 6.75. The minimum atomic E-state index is -0.224. The third-order valence-corrected chi connectivity index (χ3v) is 4.35. The van der Waals surface area contributed by atoms with Crippen LogP contribution in [0.25, 0.3) is 0 Å². The quantitative estimate of drug-likeness (QED) is 0.675. The Hall–Kier alpha value is -3.21. The van der Waals surface area contributed by atoms with Crippen molar-refractivity contribution in [3.05, 3.63) is 83.4 Å². The number of aromatic nitrogens is 2. The van der Waals surface area contributed by atoms with Gasteiger partial charge in [0, 0.05) is 23.8 Å². The molecule has 0 spiro atoms. The van der Waals surface area contributed by atoms with Gasteiger partial charge in [-0.2, -0.15) is 0 Å². The van der Waals surface area contributed by atoms with E-state index in [-0.39, 0.29) is 5.91 Å². The van der Waals surface area contributed by atoms with Gasteiger partial charge in [-0.15, -0.1) is 0 Å². The third kappa shape index (κ3) is 4.70. The molecule has 27 heavy (non-hydrogen) atoms. The van der Waals surface area contributed by atoms with Crippen molar-refractivity contribution in [1.29, 1.82) is 0 Å². The first-order valence-corrected chi connectivity index (χ1v) is 9.05. The molecule has 0 saturated heterocycles. The van der Waals surface area contributed by atoms with E-state index in [1.54, 1.807) is 18.5 Å². The van der Waals surface area contributed by atoms with Crippen LogP contribution in [0.15, 0.2) is 60.9 Å². The highest BCUT2D eigenvalue weighted by Crippen LogP contribution is 2.30. The fourth-order valence-electron chi connectivity index (χ4n) is 2.88. The molecule has 5 nitrogen and oxygen atoms in total. The zero-order valence-electron chi connectivity index (χ0n) is 15.9. The van der Waals surface area contributed by atoms with Gasteiger partial charge in [0.2, 0.25) is 0 Å². The van der Waals surface area contributed by atoms with E-state index < -0.39 is 0 Å². The fourth-order valence-corrected chi connectivity index (χ4v) is 2.88. The highest BCUT2D eigenvalue weighted by atomic mass is 16.1. The second kappa shape index (κ2) is 8.45. The molecule has 2 N–H and O–H groups in total. The maximum atomic E-state index is 12.4. The predicted molar refractivity (Wildman–Crippen MR) is 108 cm³/mol. The van der Waals surface area contributed by atoms with Gasteiger partial charge in [0.1, 0.15) is 5.69 Å². The average Bonchev–Trinajstić information content (AvgIpc) is 2.68. The highest BCUT2D eigenvalue weighted by molar-refractivity contribution is 5.93. The third-order valence-electron chi connectivity index (χ3n) is 4.35. The largest absolute Gasteiger partial charge is 0.355 e. The molecule has 0 aliphatic carbocycles. The van der Waals surface area contributed by atoms with Crippen LogP contribution in [0.2, 0.25) is 0 Å². The molecule has 0 bridgehead atoms. The normalized spacial score (nSPS) is 10.7. The van der Waals surface area contributed by atoms with Crippen molar-refractivity contribution in [3.63, 3.8) is 0 Å². The molecule has 3 rings (SSSR count). The first kappa shape index (κ1) is 18.6. The topological polar surface area (TPSA) is 66.9 Å². The Morgan fingerprint density at radius 3 is 2.63 bits per heavy atom. The number of benzene rings is 1. The molecule has 1 amide bonds. The van der Waals surface area contributed by atoms with E-state index in [4.69, 9.17) is 0 Å². The van der Waals surface area contributed by atoms with E-state index in [0.29, 0.717) is 18.2 Å². The Bertz CT molecular complexity index is 923. The zero-order chi connectivity index (χ0) is 19.2. The molecule has 2 aromatic heterocycles. The van der Waals surface area contributed by atoms with Gasteiger partial charge in [-0.05, 0) is 48.2 Å². The lowest BCUT2D eigenvalue weighted by atomic mass is 9.98. The van der Waals surface area contributed by atoms with E-state index in [1.807, 2.05) is 24.3 Å². The molecular weight excluding hydrogens is 336 g/mol. The molecule has 2 heterocycles. The van der Waals surface area contributed by atoms with Gasteiger partial charge in [0.25, 0.3) is 5.91 Å². The van der Waals surface area contributed by atoms with Gasteiger partial charge in [0.15, 0.2) is 0 Å². The molecular formula is C22H24N4O.